The van der Waals surface area contributed by atoms with Gasteiger partial charge in [-0.1, -0.05) is 34.6 Å². The van der Waals surface area contributed by atoms with E-state index in [1.54, 1.807) is 0 Å². The van der Waals surface area contributed by atoms with E-state index in [1.165, 1.54) is 38.5 Å². The molecule has 2 rings (SSSR count). The third kappa shape index (κ3) is 2.92. The zero-order valence-electron chi connectivity index (χ0n) is 13.1. The number of ether oxygens (including phenoxy) is 1. The second-order valence-electron chi connectivity index (χ2n) is 8.32. The smallest absolute Gasteiger partial charge is 0.0468 e. The fourth-order valence-corrected chi connectivity index (χ4v) is 3.48. The van der Waals surface area contributed by atoms with Gasteiger partial charge in [0.2, 0.25) is 0 Å². The van der Waals surface area contributed by atoms with Crippen molar-refractivity contribution >= 4 is 0 Å². The van der Waals surface area contributed by atoms with Gasteiger partial charge in [0.15, 0.2) is 0 Å². The van der Waals surface area contributed by atoms with Crippen LogP contribution in [0.5, 0.6) is 0 Å². The van der Waals surface area contributed by atoms with Crippen molar-refractivity contribution in [3.05, 3.63) is 0 Å². The van der Waals surface area contributed by atoms with Gasteiger partial charge >= 0.3 is 0 Å². The Bertz CT molecular complexity index is 280. The Balaban J connectivity index is 1.87. The van der Waals surface area contributed by atoms with Crippen LogP contribution in [-0.2, 0) is 4.74 Å². The standard InChI is InChI=1S/C17H32O/c1-15(2,14-6-12-18-13-7-14)8-9-16(3,4)17(5)10-11-17/h14H,6-13H2,1-5H3. The molecule has 1 aliphatic carbocycles. The van der Waals surface area contributed by atoms with Crippen LogP contribution in [0.15, 0.2) is 0 Å². The SMILES string of the molecule is CC(C)(CCC(C)(C)C1(C)CC1)C1CCOCC1. The molecule has 0 aromatic carbocycles. The third-order valence-corrected chi connectivity index (χ3v) is 6.35. The van der Waals surface area contributed by atoms with Crippen LogP contribution < -0.4 is 0 Å². The van der Waals surface area contributed by atoms with Crippen molar-refractivity contribution in [3.8, 4) is 0 Å². The molecule has 2 aliphatic rings. The van der Waals surface area contributed by atoms with Crippen molar-refractivity contribution in [3.63, 3.8) is 0 Å². The molecular weight excluding hydrogens is 220 g/mol. The average Bonchev–Trinajstić information content (AvgIpc) is 3.08. The zero-order chi connectivity index (χ0) is 13.4. The van der Waals surface area contributed by atoms with Gasteiger partial charge in [0.1, 0.15) is 0 Å². The molecule has 0 bridgehead atoms. The first-order chi connectivity index (χ1) is 8.27. The maximum Gasteiger partial charge on any atom is 0.0468 e. The van der Waals surface area contributed by atoms with Crippen molar-refractivity contribution in [2.45, 2.75) is 73.1 Å². The van der Waals surface area contributed by atoms with Gasteiger partial charge in [-0.15, -0.1) is 0 Å². The highest BCUT2D eigenvalue weighted by atomic mass is 16.5. The van der Waals surface area contributed by atoms with Gasteiger partial charge in [-0.3, -0.25) is 0 Å². The summed E-state index contributed by atoms with van der Waals surface area (Å²) in [6.45, 7) is 14.4. The highest BCUT2D eigenvalue weighted by molar-refractivity contribution is 5.00. The Morgan fingerprint density at radius 3 is 2.06 bits per heavy atom. The topological polar surface area (TPSA) is 9.23 Å². The van der Waals surface area contributed by atoms with Crippen LogP contribution in [0.25, 0.3) is 0 Å². The lowest BCUT2D eigenvalue weighted by atomic mass is 9.66. The van der Waals surface area contributed by atoms with Crippen LogP contribution in [0.2, 0.25) is 0 Å². The highest BCUT2D eigenvalue weighted by Gasteiger charge is 2.50. The van der Waals surface area contributed by atoms with Gasteiger partial charge in [0, 0.05) is 13.2 Å². The van der Waals surface area contributed by atoms with Gasteiger partial charge in [-0.2, -0.15) is 0 Å². The Hall–Kier alpha value is -0.0400. The Morgan fingerprint density at radius 1 is 1.00 bits per heavy atom. The number of hydrogen-bond donors (Lipinski definition) is 0. The molecule has 1 aliphatic heterocycles. The van der Waals surface area contributed by atoms with E-state index in [9.17, 15) is 0 Å². The molecule has 1 heteroatoms. The second kappa shape index (κ2) is 4.81. The van der Waals surface area contributed by atoms with Gasteiger partial charge < -0.3 is 4.74 Å². The Kier molecular flexibility index (Phi) is 3.84. The van der Waals surface area contributed by atoms with Crippen molar-refractivity contribution in [2.75, 3.05) is 13.2 Å². The van der Waals surface area contributed by atoms with E-state index in [0.29, 0.717) is 16.2 Å². The van der Waals surface area contributed by atoms with Crippen LogP contribution in [0.4, 0.5) is 0 Å². The second-order valence-corrected chi connectivity index (χ2v) is 8.32. The Morgan fingerprint density at radius 2 is 1.56 bits per heavy atom. The minimum Gasteiger partial charge on any atom is -0.381 e. The van der Waals surface area contributed by atoms with Gasteiger partial charge in [-0.05, 0) is 60.7 Å². The lowest BCUT2D eigenvalue weighted by molar-refractivity contribution is 0.0124. The largest absolute Gasteiger partial charge is 0.381 e. The minimum absolute atomic E-state index is 0.492. The van der Waals surface area contributed by atoms with E-state index in [-0.39, 0.29) is 0 Å². The summed E-state index contributed by atoms with van der Waals surface area (Å²) in [4.78, 5) is 0. The molecule has 1 nitrogen and oxygen atoms in total. The molecule has 1 saturated carbocycles. The van der Waals surface area contributed by atoms with Crippen molar-refractivity contribution < 1.29 is 4.74 Å². The molecule has 0 N–H and O–H groups in total. The predicted octanol–water partition coefficient (Wildman–Crippen LogP) is 5.05. The molecule has 0 radical (unpaired) electrons. The lowest BCUT2D eigenvalue weighted by Crippen LogP contribution is -2.32. The van der Waals surface area contributed by atoms with Crippen molar-refractivity contribution in [2.24, 2.45) is 22.2 Å². The maximum absolute atomic E-state index is 5.50. The third-order valence-electron chi connectivity index (χ3n) is 6.35. The van der Waals surface area contributed by atoms with E-state index in [2.05, 4.69) is 34.6 Å². The van der Waals surface area contributed by atoms with E-state index in [4.69, 9.17) is 4.74 Å². The summed E-state index contributed by atoms with van der Waals surface area (Å²) in [5.41, 5.74) is 1.65. The molecule has 0 atom stereocenters. The summed E-state index contributed by atoms with van der Waals surface area (Å²) in [6, 6.07) is 0. The van der Waals surface area contributed by atoms with E-state index < -0.39 is 0 Å². The molecular formula is C17H32O. The first-order valence-electron chi connectivity index (χ1n) is 7.85. The molecule has 1 heterocycles. The highest BCUT2D eigenvalue weighted by Crippen LogP contribution is 2.60. The van der Waals surface area contributed by atoms with Crippen LogP contribution in [0, 0.1) is 22.2 Å². The van der Waals surface area contributed by atoms with Crippen molar-refractivity contribution in [1.82, 2.24) is 0 Å². The van der Waals surface area contributed by atoms with E-state index >= 15 is 0 Å². The summed E-state index contributed by atoms with van der Waals surface area (Å²) >= 11 is 0. The molecule has 0 unspecified atom stereocenters. The van der Waals surface area contributed by atoms with E-state index in [1.807, 2.05) is 0 Å². The number of hydrogen-bond acceptors (Lipinski definition) is 1. The fourth-order valence-electron chi connectivity index (χ4n) is 3.48. The van der Waals surface area contributed by atoms with E-state index in [0.717, 1.165) is 19.1 Å². The average molecular weight is 252 g/mol. The lowest BCUT2D eigenvalue weighted by Gasteiger charge is -2.41. The summed E-state index contributed by atoms with van der Waals surface area (Å²) in [5.74, 6) is 0.869. The maximum atomic E-state index is 5.50. The molecule has 0 spiro atoms. The number of rotatable bonds is 5. The molecule has 0 amide bonds. The molecule has 1 saturated heterocycles. The van der Waals surface area contributed by atoms with Crippen LogP contribution in [-0.4, -0.2) is 13.2 Å². The van der Waals surface area contributed by atoms with Gasteiger partial charge in [0.05, 0.1) is 0 Å². The predicted molar refractivity (Wildman–Crippen MR) is 77.7 cm³/mol. The quantitative estimate of drug-likeness (QED) is 0.665. The van der Waals surface area contributed by atoms with Crippen LogP contribution in [0.1, 0.15) is 73.1 Å². The molecule has 0 aromatic heterocycles. The molecule has 0 aromatic rings. The zero-order valence-corrected chi connectivity index (χ0v) is 13.1. The monoisotopic (exact) mass is 252 g/mol. The minimum atomic E-state index is 0.492. The molecule has 18 heavy (non-hydrogen) atoms. The molecule has 2 fully saturated rings. The van der Waals surface area contributed by atoms with Crippen molar-refractivity contribution in [1.29, 1.82) is 0 Å². The normalized spacial score (nSPS) is 25.2. The van der Waals surface area contributed by atoms with Crippen LogP contribution in [0.3, 0.4) is 0 Å². The first kappa shape index (κ1) is 14.4. The summed E-state index contributed by atoms with van der Waals surface area (Å²) in [5, 5.41) is 0. The Labute approximate surface area is 114 Å². The summed E-state index contributed by atoms with van der Waals surface area (Å²) in [7, 11) is 0. The molecule has 106 valence electrons. The first-order valence-corrected chi connectivity index (χ1v) is 7.85. The summed E-state index contributed by atoms with van der Waals surface area (Å²) < 4.78 is 5.50. The fraction of sp³-hybridized carbons (Fsp3) is 1.00. The summed E-state index contributed by atoms with van der Waals surface area (Å²) in [6.07, 6.45) is 8.18. The van der Waals surface area contributed by atoms with Gasteiger partial charge in [0.25, 0.3) is 0 Å². The van der Waals surface area contributed by atoms with Gasteiger partial charge in [-0.25, -0.2) is 0 Å². The van der Waals surface area contributed by atoms with Crippen LogP contribution >= 0.6 is 0 Å².